The van der Waals surface area contributed by atoms with Crippen LogP contribution in [-0.4, -0.2) is 11.3 Å². The molecule has 15 heavy (non-hydrogen) atoms. The zero-order valence-electron chi connectivity index (χ0n) is 7.92. The lowest BCUT2D eigenvalue weighted by Gasteiger charge is -2.26. The van der Waals surface area contributed by atoms with Crippen molar-refractivity contribution in [1.29, 1.82) is 0 Å². The molecular formula is C10H10F3NO. The third-order valence-electron chi connectivity index (χ3n) is 2.52. The van der Waals surface area contributed by atoms with E-state index in [0.29, 0.717) is 5.69 Å². The van der Waals surface area contributed by atoms with Crippen LogP contribution >= 0.6 is 0 Å². The van der Waals surface area contributed by atoms with Crippen molar-refractivity contribution in [3.05, 3.63) is 24.0 Å². The number of halogens is 3. The molecule has 0 spiro atoms. The molecule has 1 saturated carbocycles. The van der Waals surface area contributed by atoms with Crippen molar-refractivity contribution in [3.63, 3.8) is 0 Å². The largest absolute Gasteiger partial charge is 0.573 e. The summed E-state index contributed by atoms with van der Waals surface area (Å²) in [5.74, 6) is -0.0294. The third kappa shape index (κ3) is 2.40. The van der Waals surface area contributed by atoms with Crippen molar-refractivity contribution in [2.75, 3.05) is 0 Å². The quantitative estimate of drug-likeness (QED) is 0.758. The Labute approximate surface area is 85.1 Å². The van der Waals surface area contributed by atoms with Gasteiger partial charge in [0.1, 0.15) is 0 Å². The first-order chi connectivity index (χ1) is 7.06. The summed E-state index contributed by atoms with van der Waals surface area (Å²) in [4.78, 5) is 3.96. The summed E-state index contributed by atoms with van der Waals surface area (Å²) >= 11 is 0. The minimum Gasteiger partial charge on any atom is -0.404 e. The Morgan fingerprint density at radius 1 is 1.33 bits per heavy atom. The van der Waals surface area contributed by atoms with Crippen molar-refractivity contribution in [3.8, 4) is 5.75 Å². The Bertz CT molecular complexity index is 347. The molecule has 1 aliphatic carbocycles. The first-order valence-corrected chi connectivity index (χ1v) is 4.77. The van der Waals surface area contributed by atoms with Crippen molar-refractivity contribution >= 4 is 0 Å². The van der Waals surface area contributed by atoms with Gasteiger partial charge in [0.05, 0.1) is 5.69 Å². The first-order valence-electron chi connectivity index (χ1n) is 4.77. The number of rotatable bonds is 2. The van der Waals surface area contributed by atoms with Crippen LogP contribution in [0.25, 0.3) is 0 Å². The van der Waals surface area contributed by atoms with E-state index in [2.05, 4.69) is 9.72 Å². The molecule has 1 aromatic rings. The summed E-state index contributed by atoms with van der Waals surface area (Å²) in [6.45, 7) is 0. The number of hydrogen-bond donors (Lipinski definition) is 0. The van der Waals surface area contributed by atoms with Crippen molar-refractivity contribution in [2.24, 2.45) is 0 Å². The topological polar surface area (TPSA) is 22.1 Å². The van der Waals surface area contributed by atoms with Gasteiger partial charge in [-0.05, 0) is 25.0 Å². The molecule has 1 aliphatic rings. The number of pyridine rings is 1. The van der Waals surface area contributed by atoms with Gasteiger partial charge in [0.25, 0.3) is 0 Å². The predicted octanol–water partition coefficient (Wildman–Crippen LogP) is 3.25. The highest BCUT2D eigenvalue weighted by Gasteiger charge is 2.34. The highest BCUT2D eigenvalue weighted by Crippen LogP contribution is 2.40. The SMILES string of the molecule is FC(F)(F)Oc1cccnc1C1CCC1. The summed E-state index contributed by atoms with van der Waals surface area (Å²) in [6, 6.07) is 2.76. The smallest absolute Gasteiger partial charge is 0.404 e. The molecule has 0 aliphatic heterocycles. The van der Waals surface area contributed by atoms with Gasteiger partial charge in [-0.2, -0.15) is 0 Å². The van der Waals surface area contributed by atoms with E-state index < -0.39 is 6.36 Å². The van der Waals surface area contributed by atoms with E-state index in [1.165, 1.54) is 18.3 Å². The van der Waals surface area contributed by atoms with Crippen LogP contribution in [0.3, 0.4) is 0 Å². The fourth-order valence-electron chi connectivity index (χ4n) is 1.60. The number of nitrogens with zero attached hydrogens (tertiary/aromatic N) is 1. The summed E-state index contributed by atoms with van der Waals surface area (Å²) in [7, 11) is 0. The van der Waals surface area contributed by atoms with Crippen LogP contribution in [-0.2, 0) is 0 Å². The monoisotopic (exact) mass is 217 g/mol. The van der Waals surface area contributed by atoms with Crippen LogP contribution in [0, 0.1) is 0 Å². The van der Waals surface area contributed by atoms with Crippen LogP contribution in [0.2, 0.25) is 0 Å². The molecule has 5 heteroatoms. The fourth-order valence-corrected chi connectivity index (χ4v) is 1.60. The molecule has 0 unspecified atom stereocenters. The molecule has 0 atom stereocenters. The van der Waals surface area contributed by atoms with Crippen LogP contribution in [0.4, 0.5) is 13.2 Å². The minimum absolute atomic E-state index is 0.128. The number of hydrogen-bond acceptors (Lipinski definition) is 2. The minimum atomic E-state index is -4.64. The second-order valence-corrected chi connectivity index (χ2v) is 3.56. The predicted molar refractivity (Wildman–Crippen MR) is 47.5 cm³/mol. The standard InChI is InChI=1S/C10H10F3NO/c11-10(12,13)15-8-5-2-6-14-9(8)7-3-1-4-7/h2,5-7H,1,3-4H2. The molecule has 0 radical (unpaired) electrons. The average Bonchev–Trinajstić information content (AvgIpc) is 2.02. The van der Waals surface area contributed by atoms with E-state index in [1.54, 1.807) is 0 Å². The van der Waals surface area contributed by atoms with Crippen molar-refractivity contribution in [1.82, 2.24) is 4.98 Å². The van der Waals surface area contributed by atoms with E-state index in [1.807, 2.05) is 0 Å². The second-order valence-electron chi connectivity index (χ2n) is 3.56. The molecule has 0 bridgehead atoms. The summed E-state index contributed by atoms with van der Waals surface area (Å²) in [6.07, 6.45) is -0.304. The fraction of sp³-hybridized carbons (Fsp3) is 0.500. The van der Waals surface area contributed by atoms with Gasteiger partial charge in [-0.25, -0.2) is 0 Å². The summed E-state index contributed by atoms with van der Waals surface area (Å²) in [5.41, 5.74) is 0.432. The highest BCUT2D eigenvalue weighted by molar-refractivity contribution is 5.31. The molecule has 1 aromatic heterocycles. The van der Waals surface area contributed by atoms with Crippen LogP contribution in [0.5, 0.6) is 5.75 Å². The second kappa shape index (κ2) is 3.72. The van der Waals surface area contributed by atoms with Gasteiger partial charge >= 0.3 is 6.36 Å². The Hall–Kier alpha value is -1.26. The van der Waals surface area contributed by atoms with Gasteiger partial charge in [-0.3, -0.25) is 4.98 Å². The lowest BCUT2D eigenvalue weighted by molar-refractivity contribution is -0.275. The Morgan fingerprint density at radius 2 is 2.07 bits per heavy atom. The normalized spacial score (nSPS) is 17.3. The maximum Gasteiger partial charge on any atom is 0.573 e. The van der Waals surface area contributed by atoms with Gasteiger partial charge in [0, 0.05) is 12.1 Å². The molecule has 0 saturated heterocycles. The van der Waals surface area contributed by atoms with E-state index in [-0.39, 0.29) is 11.7 Å². The van der Waals surface area contributed by atoms with E-state index in [0.717, 1.165) is 19.3 Å². The molecule has 2 rings (SSSR count). The Kier molecular flexibility index (Phi) is 2.54. The average molecular weight is 217 g/mol. The first kappa shape index (κ1) is 10.3. The molecule has 0 amide bonds. The summed E-state index contributed by atoms with van der Waals surface area (Å²) in [5, 5.41) is 0. The van der Waals surface area contributed by atoms with Crippen LogP contribution in [0.15, 0.2) is 18.3 Å². The molecule has 2 nitrogen and oxygen atoms in total. The van der Waals surface area contributed by atoms with E-state index in [9.17, 15) is 13.2 Å². The Morgan fingerprint density at radius 3 is 2.60 bits per heavy atom. The Balaban J connectivity index is 2.21. The van der Waals surface area contributed by atoms with Crippen LogP contribution in [0.1, 0.15) is 30.9 Å². The lowest BCUT2D eigenvalue weighted by atomic mass is 9.82. The molecule has 1 fully saturated rings. The number of alkyl halides is 3. The zero-order valence-corrected chi connectivity index (χ0v) is 7.92. The molecular weight excluding hydrogens is 207 g/mol. The van der Waals surface area contributed by atoms with Gasteiger partial charge < -0.3 is 4.74 Å². The molecule has 0 N–H and O–H groups in total. The maximum atomic E-state index is 12.1. The lowest BCUT2D eigenvalue weighted by Crippen LogP contribution is -2.20. The third-order valence-corrected chi connectivity index (χ3v) is 2.52. The molecule has 82 valence electrons. The van der Waals surface area contributed by atoms with Gasteiger partial charge in [-0.15, -0.1) is 13.2 Å². The van der Waals surface area contributed by atoms with E-state index in [4.69, 9.17) is 0 Å². The maximum absolute atomic E-state index is 12.1. The van der Waals surface area contributed by atoms with Gasteiger partial charge in [0.2, 0.25) is 0 Å². The van der Waals surface area contributed by atoms with Gasteiger partial charge in [0.15, 0.2) is 5.75 Å². The van der Waals surface area contributed by atoms with E-state index >= 15 is 0 Å². The number of aromatic nitrogens is 1. The van der Waals surface area contributed by atoms with Crippen molar-refractivity contribution in [2.45, 2.75) is 31.5 Å². The van der Waals surface area contributed by atoms with Crippen molar-refractivity contribution < 1.29 is 17.9 Å². The molecule has 1 heterocycles. The number of ether oxygens (including phenoxy) is 1. The van der Waals surface area contributed by atoms with Gasteiger partial charge in [-0.1, -0.05) is 6.42 Å². The molecule has 0 aromatic carbocycles. The zero-order chi connectivity index (χ0) is 10.9. The highest BCUT2D eigenvalue weighted by atomic mass is 19.4. The summed E-state index contributed by atoms with van der Waals surface area (Å²) < 4.78 is 40.1. The van der Waals surface area contributed by atoms with Crippen LogP contribution < -0.4 is 4.74 Å².